The molecule has 0 radical (unpaired) electrons. The Morgan fingerprint density at radius 2 is 1.90 bits per heavy atom. The van der Waals surface area contributed by atoms with Crippen LogP contribution in [0, 0.1) is 6.92 Å². The average Bonchev–Trinajstić information content (AvgIpc) is 3.41. The molecule has 3 heterocycles. The second-order valence-corrected chi connectivity index (χ2v) is 8.74. The molecule has 1 saturated heterocycles. The van der Waals surface area contributed by atoms with Crippen LogP contribution in [0.4, 0.5) is 4.79 Å². The highest BCUT2D eigenvalue weighted by Crippen LogP contribution is 2.22. The van der Waals surface area contributed by atoms with E-state index in [1.54, 1.807) is 0 Å². The number of carbonyl (C=O) groups is 1. The summed E-state index contributed by atoms with van der Waals surface area (Å²) in [5, 5.41) is 3.21. The predicted octanol–water partition coefficient (Wildman–Crippen LogP) is 3.50. The van der Waals surface area contributed by atoms with Gasteiger partial charge < -0.3 is 10.2 Å². The molecule has 0 unspecified atom stereocenters. The molecular weight excluding hydrogens is 388 g/mol. The van der Waals surface area contributed by atoms with Crippen LogP contribution in [-0.4, -0.2) is 62.6 Å². The number of imidazole rings is 1. The van der Waals surface area contributed by atoms with Gasteiger partial charge in [0, 0.05) is 44.1 Å². The van der Waals surface area contributed by atoms with Crippen molar-refractivity contribution in [2.75, 3.05) is 26.2 Å². The molecule has 2 fully saturated rings. The van der Waals surface area contributed by atoms with Gasteiger partial charge in [0.1, 0.15) is 11.3 Å². The Labute approximate surface area is 183 Å². The molecule has 5 rings (SSSR count). The maximum atomic E-state index is 12.6. The number of carbonyl (C=O) groups excluding carboxylic acids is 1. The Hall–Kier alpha value is -2.93. The van der Waals surface area contributed by atoms with Gasteiger partial charge in [-0.2, -0.15) is 0 Å². The van der Waals surface area contributed by atoms with Crippen LogP contribution in [0.2, 0.25) is 0 Å². The first kappa shape index (κ1) is 20.0. The first-order chi connectivity index (χ1) is 15.2. The molecule has 2 aliphatic rings. The van der Waals surface area contributed by atoms with Crippen LogP contribution in [0.5, 0.6) is 0 Å². The topological polar surface area (TPSA) is 66.3 Å². The second-order valence-electron chi connectivity index (χ2n) is 8.74. The third-order valence-corrected chi connectivity index (χ3v) is 6.45. The molecule has 0 atom stereocenters. The Balaban J connectivity index is 1.30. The van der Waals surface area contributed by atoms with Crippen LogP contribution in [0.3, 0.4) is 0 Å². The first-order valence-corrected chi connectivity index (χ1v) is 11.3. The number of nitrogens with zero attached hydrogens (tertiary/aromatic N) is 5. The van der Waals surface area contributed by atoms with E-state index in [1.807, 2.05) is 23.2 Å². The van der Waals surface area contributed by atoms with E-state index in [4.69, 9.17) is 4.98 Å². The smallest absolute Gasteiger partial charge is 0.317 e. The lowest BCUT2D eigenvalue weighted by atomic mass is 10.2. The molecule has 7 nitrogen and oxygen atoms in total. The molecule has 2 amide bonds. The van der Waals surface area contributed by atoms with E-state index in [0.29, 0.717) is 6.04 Å². The summed E-state index contributed by atoms with van der Waals surface area (Å²) in [4.78, 5) is 26.4. The van der Waals surface area contributed by atoms with Crippen molar-refractivity contribution in [1.82, 2.24) is 29.7 Å². The van der Waals surface area contributed by atoms with Gasteiger partial charge in [0.25, 0.3) is 0 Å². The minimum absolute atomic E-state index is 0.0998. The molecule has 7 heteroatoms. The summed E-state index contributed by atoms with van der Waals surface area (Å²) in [5.41, 5.74) is 4.10. The summed E-state index contributed by atoms with van der Waals surface area (Å²) in [7, 11) is 0. The number of piperazine rings is 1. The van der Waals surface area contributed by atoms with Gasteiger partial charge >= 0.3 is 6.03 Å². The summed E-state index contributed by atoms with van der Waals surface area (Å²) in [6.07, 6.45) is 6.52. The minimum Gasteiger partial charge on any atom is -0.335 e. The largest absolute Gasteiger partial charge is 0.335 e. The van der Waals surface area contributed by atoms with Gasteiger partial charge in [-0.15, -0.1) is 0 Å². The van der Waals surface area contributed by atoms with Gasteiger partial charge in [0.2, 0.25) is 0 Å². The summed E-state index contributed by atoms with van der Waals surface area (Å²) in [6, 6.07) is 12.9. The number of urea groups is 1. The zero-order valence-corrected chi connectivity index (χ0v) is 18.1. The Morgan fingerprint density at radius 1 is 1.10 bits per heavy atom. The van der Waals surface area contributed by atoms with Gasteiger partial charge in [-0.1, -0.05) is 25.0 Å². The lowest BCUT2D eigenvalue weighted by molar-refractivity contribution is 0.131. The first-order valence-electron chi connectivity index (χ1n) is 11.3. The predicted molar refractivity (Wildman–Crippen MR) is 121 cm³/mol. The van der Waals surface area contributed by atoms with E-state index in [-0.39, 0.29) is 6.03 Å². The van der Waals surface area contributed by atoms with Crippen molar-refractivity contribution >= 4 is 17.2 Å². The van der Waals surface area contributed by atoms with Crippen molar-refractivity contribution < 1.29 is 4.79 Å². The van der Waals surface area contributed by atoms with Gasteiger partial charge in [-0.25, -0.2) is 14.8 Å². The molecule has 1 aliphatic carbocycles. The van der Waals surface area contributed by atoms with Crippen LogP contribution in [0.25, 0.3) is 16.9 Å². The third-order valence-electron chi connectivity index (χ3n) is 6.45. The van der Waals surface area contributed by atoms with Crippen molar-refractivity contribution in [2.45, 2.75) is 45.2 Å². The van der Waals surface area contributed by atoms with E-state index < -0.39 is 0 Å². The minimum atomic E-state index is 0.0998. The van der Waals surface area contributed by atoms with E-state index in [0.717, 1.165) is 68.2 Å². The SMILES string of the molecule is Cc1cccc(-n2c(CN3CCN(C(=O)NC4CCCC4)CC3)nc3cccnc32)c1. The number of pyridine rings is 1. The Kier molecular flexibility index (Phi) is 5.59. The quantitative estimate of drug-likeness (QED) is 0.704. The van der Waals surface area contributed by atoms with E-state index in [2.05, 4.69) is 51.0 Å². The maximum Gasteiger partial charge on any atom is 0.317 e. The maximum absolute atomic E-state index is 12.6. The number of hydrogen-bond acceptors (Lipinski definition) is 4. The number of fused-ring (bicyclic) bond motifs is 1. The number of aromatic nitrogens is 3. The van der Waals surface area contributed by atoms with Crippen LogP contribution in [0.1, 0.15) is 37.1 Å². The Bertz CT molecular complexity index is 1060. The van der Waals surface area contributed by atoms with Gasteiger partial charge in [0.05, 0.1) is 6.54 Å². The summed E-state index contributed by atoms with van der Waals surface area (Å²) >= 11 is 0. The van der Waals surface area contributed by atoms with Crippen molar-refractivity contribution in [3.63, 3.8) is 0 Å². The molecule has 3 aromatic rings. The van der Waals surface area contributed by atoms with Crippen LogP contribution in [-0.2, 0) is 6.54 Å². The molecule has 162 valence electrons. The van der Waals surface area contributed by atoms with Crippen molar-refractivity contribution in [3.8, 4) is 5.69 Å². The monoisotopic (exact) mass is 418 g/mol. The zero-order valence-electron chi connectivity index (χ0n) is 18.1. The van der Waals surface area contributed by atoms with Gasteiger partial charge in [-0.05, 0) is 49.6 Å². The van der Waals surface area contributed by atoms with E-state index in [9.17, 15) is 4.79 Å². The van der Waals surface area contributed by atoms with Gasteiger partial charge in [-0.3, -0.25) is 9.47 Å². The number of benzene rings is 1. The number of rotatable bonds is 4. The van der Waals surface area contributed by atoms with E-state index in [1.165, 1.54) is 18.4 Å². The summed E-state index contributed by atoms with van der Waals surface area (Å²) < 4.78 is 2.17. The fourth-order valence-corrected chi connectivity index (χ4v) is 4.75. The molecule has 31 heavy (non-hydrogen) atoms. The van der Waals surface area contributed by atoms with E-state index >= 15 is 0 Å². The zero-order chi connectivity index (χ0) is 21.2. The average molecular weight is 419 g/mol. The number of hydrogen-bond donors (Lipinski definition) is 1. The number of nitrogens with one attached hydrogen (secondary N) is 1. The molecule has 1 aromatic carbocycles. The number of aryl methyl sites for hydroxylation is 1. The molecule has 1 saturated carbocycles. The normalized spacial score (nSPS) is 18.0. The highest BCUT2D eigenvalue weighted by atomic mass is 16.2. The Morgan fingerprint density at radius 3 is 2.68 bits per heavy atom. The molecule has 1 N–H and O–H groups in total. The molecular formula is C24H30N6O. The van der Waals surface area contributed by atoms with Crippen LogP contribution >= 0.6 is 0 Å². The van der Waals surface area contributed by atoms with Crippen molar-refractivity contribution in [1.29, 1.82) is 0 Å². The molecule has 0 spiro atoms. The summed E-state index contributed by atoms with van der Waals surface area (Å²) in [5.74, 6) is 0.989. The second kappa shape index (κ2) is 8.67. The molecule has 0 bridgehead atoms. The standard InChI is InChI=1S/C24H30N6O/c1-18-6-4-9-20(16-18)30-22(27-21-10-5-11-25-23(21)30)17-28-12-14-29(15-13-28)24(31)26-19-7-2-3-8-19/h4-6,9-11,16,19H,2-3,7-8,12-15,17H2,1H3,(H,26,31). The fraction of sp³-hybridized carbons (Fsp3) is 0.458. The third kappa shape index (κ3) is 4.28. The number of amides is 2. The highest BCUT2D eigenvalue weighted by Gasteiger charge is 2.25. The van der Waals surface area contributed by atoms with Crippen LogP contribution in [0.15, 0.2) is 42.6 Å². The lowest BCUT2D eigenvalue weighted by Crippen LogP contribution is -2.53. The highest BCUT2D eigenvalue weighted by molar-refractivity contribution is 5.75. The van der Waals surface area contributed by atoms with Crippen LogP contribution < -0.4 is 5.32 Å². The fourth-order valence-electron chi connectivity index (χ4n) is 4.75. The molecule has 1 aliphatic heterocycles. The summed E-state index contributed by atoms with van der Waals surface area (Å²) in [6.45, 7) is 6.04. The molecule has 2 aromatic heterocycles. The van der Waals surface area contributed by atoms with Gasteiger partial charge in [0.15, 0.2) is 5.65 Å². The van der Waals surface area contributed by atoms with Crippen molar-refractivity contribution in [3.05, 3.63) is 54.0 Å². The van der Waals surface area contributed by atoms with Crippen molar-refractivity contribution in [2.24, 2.45) is 0 Å². The lowest BCUT2D eigenvalue weighted by Gasteiger charge is -2.35.